The van der Waals surface area contributed by atoms with Crippen LogP contribution in [0.4, 0.5) is 0 Å². The number of ether oxygens (including phenoxy) is 2. The zero-order valence-electron chi connectivity index (χ0n) is 12.5. The summed E-state index contributed by atoms with van der Waals surface area (Å²) in [5.74, 6) is -0.0412. The predicted molar refractivity (Wildman–Crippen MR) is 91.7 cm³/mol. The minimum Gasteiger partial charge on any atom is -0.466 e. The maximum Gasteiger partial charge on any atom is 0.309 e. The third kappa shape index (κ3) is 5.25. The Morgan fingerprint density at radius 2 is 2.05 bits per heavy atom. The fourth-order valence-corrected chi connectivity index (χ4v) is 3.84. The molecule has 1 fully saturated rings. The smallest absolute Gasteiger partial charge is 0.309 e. The highest BCUT2D eigenvalue weighted by Crippen LogP contribution is 2.34. The molecule has 1 aromatic carbocycles. The van der Waals surface area contributed by atoms with Crippen LogP contribution in [0.1, 0.15) is 31.7 Å². The molecule has 21 heavy (non-hydrogen) atoms. The van der Waals surface area contributed by atoms with Crippen LogP contribution in [0.2, 0.25) is 0 Å². The van der Waals surface area contributed by atoms with Gasteiger partial charge in [-0.3, -0.25) is 4.79 Å². The standard InChI is InChI=1S/C17H23IO3/c1-2-20-17(19)14-11-15(18)16(12-14)21-10-6-9-13-7-4-3-5-8-13/h3-5,7-8,14-16H,2,6,9-12H2,1H3. The van der Waals surface area contributed by atoms with E-state index in [2.05, 4.69) is 46.9 Å². The topological polar surface area (TPSA) is 35.5 Å². The molecular weight excluding hydrogens is 379 g/mol. The van der Waals surface area contributed by atoms with Gasteiger partial charge in [-0.2, -0.15) is 0 Å². The van der Waals surface area contributed by atoms with Crippen LogP contribution in [-0.2, 0) is 20.7 Å². The van der Waals surface area contributed by atoms with E-state index in [-0.39, 0.29) is 18.0 Å². The Balaban J connectivity index is 1.68. The van der Waals surface area contributed by atoms with Crippen LogP contribution in [0, 0.1) is 5.92 Å². The average molecular weight is 402 g/mol. The number of carbonyl (C=O) groups excluding carboxylic acids is 1. The summed E-state index contributed by atoms with van der Waals surface area (Å²) in [5.41, 5.74) is 1.35. The van der Waals surface area contributed by atoms with E-state index < -0.39 is 0 Å². The van der Waals surface area contributed by atoms with E-state index in [1.807, 2.05) is 13.0 Å². The number of halogens is 1. The van der Waals surface area contributed by atoms with Crippen LogP contribution >= 0.6 is 22.6 Å². The van der Waals surface area contributed by atoms with Gasteiger partial charge >= 0.3 is 5.97 Å². The summed E-state index contributed by atoms with van der Waals surface area (Å²) in [6.07, 6.45) is 3.94. The van der Waals surface area contributed by atoms with Crippen LogP contribution in [-0.4, -0.2) is 29.2 Å². The molecule has 0 radical (unpaired) electrons. The van der Waals surface area contributed by atoms with Crippen molar-refractivity contribution in [2.75, 3.05) is 13.2 Å². The highest BCUT2D eigenvalue weighted by molar-refractivity contribution is 14.1. The first kappa shape index (κ1) is 16.7. The molecule has 1 aliphatic carbocycles. The van der Waals surface area contributed by atoms with Crippen molar-refractivity contribution >= 4 is 28.6 Å². The summed E-state index contributed by atoms with van der Waals surface area (Å²) in [4.78, 5) is 11.8. The summed E-state index contributed by atoms with van der Waals surface area (Å²) in [5, 5.41) is 0. The molecule has 1 aromatic rings. The van der Waals surface area contributed by atoms with Gasteiger partial charge < -0.3 is 9.47 Å². The highest BCUT2D eigenvalue weighted by Gasteiger charge is 2.37. The van der Waals surface area contributed by atoms with Crippen LogP contribution in [0.25, 0.3) is 0 Å². The maximum atomic E-state index is 11.8. The second-order valence-electron chi connectivity index (χ2n) is 5.43. The summed E-state index contributed by atoms with van der Waals surface area (Å²) in [7, 11) is 0. The molecule has 1 aliphatic rings. The van der Waals surface area contributed by atoms with Gasteiger partial charge in [0.2, 0.25) is 0 Å². The first-order valence-corrected chi connectivity index (χ1v) is 8.91. The van der Waals surface area contributed by atoms with E-state index >= 15 is 0 Å². The van der Waals surface area contributed by atoms with Crippen molar-refractivity contribution in [3.8, 4) is 0 Å². The SMILES string of the molecule is CCOC(=O)C1CC(I)C(OCCCc2ccccc2)C1. The van der Waals surface area contributed by atoms with E-state index in [1.54, 1.807) is 0 Å². The maximum absolute atomic E-state index is 11.8. The van der Waals surface area contributed by atoms with E-state index in [4.69, 9.17) is 9.47 Å². The van der Waals surface area contributed by atoms with Crippen molar-refractivity contribution < 1.29 is 14.3 Å². The molecule has 116 valence electrons. The lowest BCUT2D eigenvalue weighted by atomic mass is 10.1. The molecule has 3 unspecified atom stereocenters. The molecule has 0 spiro atoms. The molecule has 0 heterocycles. The quantitative estimate of drug-likeness (QED) is 0.302. The molecule has 0 aliphatic heterocycles. The number of aryl methyl sites for hydroxylation is 1. The number of hydrogen-bond donors (Lipinski definition) is 0. The van der Waals surface area contributed by atoms with Gasteiger partial charge in [-0.05, 0) is 38.2 Å². The molecule has 4 heteroatoms. The van der Waals surface area contributed by atoms with Crippen molar-refractivity contribution in [3.63, 3.8) is 0 Å². The Kier molecular flexibility index (Phi) is 6.96. The molecule has 3 nitrogen and oxygen atoms in total. The predicted octanol–water partition coefficient (Wildman–Crippen LogP) is 3.78. The number of rotatable bonds is 7. The number of hydrogen-bond acceptors (Lipinski definition) is 3. The lowest BCUT2D eigenvalue weighted by molar-refractivity contribution is -0.148. The summed E-state index contributed by atoms with van der Waals surface area (Å²) >= 11 is 2.40. The van der Waals surface area contributed by atoms with Crippen LogP contribution in [0.15, 0.2) is 30.3 Å². The van der Waals surface area contributed by atoms with Gasteiger partial charge in [0, 0.05) is 10.5 Å². The minimum atomic E-state index is -0.0606. The van der Waals surface area contributed by atoms with Gasteiger partial charge in [0.15, 0.2) is 0 Å². The van der Waals surface area contributed by atoms with E-state index in [0.29, 0.717) is 10.5 Å². The molecule has 2 rings (SSSR count). The van der Waals surface area contributed by atoms with Gasteiger partial charge in [0.25, 0.3) is 0 Å². The fraction of sp³-hybridized carbons (Fsp3) is 0.588. The number of alkyl halides is 1. The van der Waals surface area contributed by atoms with Crippen molar-refractivity contribution in [3.05, 3.63) is 35.9 Å². The second kappa shape index (κ2) is 8.73. The molecule has 0 aromatic heterocycles. The van der Waals surface area contributed by atoms with E-state index in [1.165, 1.54) is 5.56 Å². The lowest BCUT2D eigenvalue weighted by Gasteiger charge is -2.15. The second-order valence-corrected chi connectivity index (χ2v) is 7.03. The van der Waals surface area contributed by atoms with Gasteiger partial charge in [0.05, 0.1) is 18.6 Å². The van der Waals surface area contributed by atoms with Gasteiger partial charge in [-0.15, -0.1) is 0 Å². The van der Waals surface area contributed by atoms with E-state index in [0.717, 1.165) is 32.3 Å². The van der Waals surface area contributed by atoms with Gasteiger partial charge in [0.1, 0.15) is 0 Å². The monoisotopic (exact) mass is 402 g/mol. The minimum absolute atomic E-state index is 0.0194. The largest absolute Gasteiger partial charge is 0.466 e. The van der Waals surface area contributed by atoms with Gasteiger partial charge in [-0.25, -0.2) is 0 Å². The fourth-order valence-electron chi connectivity index (χ4n) is 2.73. The number of benzene rings is 1. The summed E-state index contributed by atoms with van der Waals surface area (Å²) < 4.78 is 11.5. The van der Waals surface area contributed by atoms with Crippen molar-refractivity contribution in [2.24, 2.45) is 5.92 Å². The number of carbonyl (C=O) groups is 1. The number of esters is 1. The third-order valence-electron chi connectivity index (χ3n) is 3.83. The van der Waals surface area contributed by atoms with Crippen molar-refractivity contribution in [2.45, 2.75) is 42.6 Å². The average Bonchev–Trinajstić information content (AvgIpc) is 2.86. The van der Waals surface area contributed by atoms with Gasteiger partial charge in [-0.1, -0.05) is 52.9 Å². The molecule has 1 saturated carbocycles. The first-order valence-electron chi connectivity index (χ1n) is 7.67. The zero-order valence-corrected chi connectivity index (χ0v) is 14.6. The Morgan fingerprint density at radius 1 is 1.29 bits per heavy atom. The molecule has 0 bridgehead atoms. The normalized spacial score (nSPS) is 25.0. The Hall–Kier alpha value is -0.620. The van der Waals surface area contributed by atoms with Crippen molar-refractivity contribution in [1.29, 1.82) is 0 Å². The van der Waals surface area contributed by atoms with Crippen LogP contribution in [0.3, 0.4) is 0 Å². The molecule has 0 saturated heterocycles. The molecule has 0 N–H and O–H groups in total. The molecular formula is C17H23IO3. The Bertz CT molecular complexity index is 435. The van der Waals surface area contributed by atoms with E-state index in [9.17, 15) is 4.79 Å². The lowest BCUT2D eigenvalue weighted by Crippen LogP contribution is -2.19. The highest BCUT2D eigenvalue weighted by atomic mass is 127. The van der Waals surface area contributed by atoms with Crippen LogP contribution in [0.5, 0.6) is 0 Å². The Labute approximate surface area is 140 Å². The third-order valence-corrected chi connectivity index (χ3v) is 5.15. The summed E-state index contributed by atoms with van der Waals surface area (Å²) in [6, 6.07) is 10.5. The zero-order chi connectivity index (χ0) is 15.1. The van der Waals surface area contributed by atoms with Crippen LogP contribution < -0.4 is 0 Å². The Morgan fingerprint density at radius 3 is 2.76 bits per heavy atom. The first-order chi connectivity index (χ1) is 10.2. The molecule has 0 amide bonds. The molecule has 3 atom stereocenters. The summed E-state index contributed by atoms with van der Waals surface area (Å²) in [6.45, 7) is 3.07. The van der Waals surface area contributed by atoms with Crippen molar-refractivity contribution in [1.82, 2.24) is 0 Å².